The summed E-state index contributed by atoms with van der Waals surface area (Å²) in [7, 11) is 0. The maximum Gasteiger partial charge on any atom is 0.166 e. The second-order valence-corrected chi connectivity index (χ2v) is 4.20. The van der Waals surface area contributed by atoms with Crippen molar-refractivity contribution in [3.8, 4) is 0 Å². The third-order valence-electron chi connectivity index (χ3n) is 2.04. The Bertz CT molecular complexity index is 165. The van der Waals surface area contributed by atoms with Gasteiger partial charge in [0.2, 0.25) is 0 Å². The van der Waals surface area contributed by atoms with Crippen LogP contribution in [0, 0.1) is 0 Å². The van der Waals surface area contributed by atoms with E-state index in [1.54, 1.807) is 0 Å². The van der Waals surface area contributed by atoms with Crippen LogP contribution in [0.3, 0.4) is 0 Å². The maximum atomic E-state index is 5.08. The van der Waals surface area contributed by atoms with Gasteiger partial charge in [-0.2, -0.15) is 0 Å². The molecule has 2 nitrogen and oxygen atoms in total. The lowest BCUT2D eigenvalue weighted by atomic mass is 9.92. The second-order valence-electron chi connectivity index (χ2n) is 3.79. The fourth-order valence-electron chi connectivity index (χ4n) is 1.49. The molecule has 1 rings (SSSR count). The van der Waals surface area contributed by atoms with Crippen molar-refractivity contribution in [3.63, 3.8) is 0 Å². The highest BCUT2D eigenvalue weighted by Gasteiger charge is 2.28. The van der Waals surface area contributed by atoms with Gasteiger partial charge in [-0.05, 0) is 38.9 Å². The molecule has 0 bridgehead atoms. The van der Waals surface area contributed by atoms with E-state index in [2.05, 4.69) is 31.4 Å². The van der Waals surface area contributed by atoms with Crippen molar-refractivity contribution in [1.29, 1.82) is 0 Å². The van der Waals surface area contributed by atoms with E-state index in [4.69, 9.17) is 12.2 Å². The first-order valence-electron chi connectivity index (χ1n) is 4.12. The first-order valence-corrected chi connectivity index (χ1v) is 4.53. The van der Waals surface area contributed by atoms with Crippen molar-refractivity contribution >= 4 is 17.3 Å². The molecule has 1 heterocycles. The van der Waals surface area contributed by atoms with Gasteiger partial charge in [0.15, 0.2) is 5.11 Å². The summed E-state index contributed by atoms with van der Waals surface area (Å²) in [6.07, 6.45) is 2.29. The van der Waals surface area contributed by atoms with Crippen LogP contribution < -0.4 is 10.6 Å². The molecular weight excluding hydrogens is 156 g/mol. The van der Waals surface area contributed by atoms with E-state index in [1.807, 2.05) is 0 Å². The maximum absolute atomic E-state index is 5.08. The summed E-state index contributed by atoms with van der Waals surface area (Å²) >= 11 is 5.08. The summed E-state index contributed by atoms with van der Waals surface area (Å²) in [4.78, 5) is 0. The van der Waals surface area contributed by atoms with Gasteiger partial charge in [-0.15, -0.1) is 0 Å². The average Bonchev–Trinajstić information content (AvgIpc) is 1.83. The second kappa shape index (κ2) is 2.97. The summed E-state index contributed by atoms with van der Waals surface area (Å²) in [5.41, 5.74) is 0.170. The first-order chi connectivity index (χ1) is 5.03. The van der Waals surface area contributed by atoms with Gasteiger partial charge in [-0.1, -0.05) is 6.92 Å². The highest BCUT2D eigenvalue weighted by Crippen LogP contribution is 2.16. The Morgan fingerprint density at radius 1 is 1.64 bits per heavy atom. The van der Waals surface area contributed by atoms with Crippen LogP contribution in [0.25, 0.3) is 0 Å². The molecule has 3 heteroatoms. The average molecular weight is 172 g/mol. The highest BCUT2D eigenvalue weighted by molar-refractivity contribution is 7.80. The number of hydrogen-bond acceptors (Lipinski definition) is 1. The third-order valence-corrected chi connectivity index (χ3v) is 2.26. The van der Waals surface area contributed by atoms with Crippen molar-refractivity contribution in [2.45, 2.75) is 45.2 Å². The summed E-state index contributed by atoms with van der Waals surface area (Å²) in [6, 6.07) is 0.554. The molecule has 1 unspecified atom stereocenters. The minimum Gasteiger partial charge on any atom is -0.360 e. The van der Waals surface area contributed by atoms with Gasteiger partial charge in [0.05, 0.1) is 0 Å². The van der Waals surface area contributed by atoms with Crippen molar-refractivity contribution in [3.05, 3.63) is 0 Å². The molecule has 1 fully saturated rings. The van der Waals surface area contributed by atoms with Gasteiger partial charge in [-0.3, -0.25) is 0 Å². The predicted molar refractivity (Wildman–Crippen MR) is 51.6 cm³/mol. The fourth-order valence-corrected chi connectivity index (χ4v) is 1.94. The van der Waals surface area contributed by atoms with E-state index in [1.165, 1.54) is 0 Å². The Hall–Kier alpha value is -0.310. The fraction of sp³-hybridized carbons (Fsp3) is 0.875. The van der Waals surface area contributed by atoms with Crippen LogP contribution in [0.2, 0.25) is 0 Å². The zero-order chi connectivity index (χ0) is 8.48. The standard InChI is InChI=1S/C8H16N2S/c1-4-6-5-8(2,3)10-7(11)9-6/h6H,4-5H2,1-3H3,(H2,9,10,11). The molecule has 0 aromatic rings. The van der Waals surface area contributed by atoms with Crippen LogP contribution in [0.15, 0.2) is 0 Å². The summed E-state index contributed by atoms with van der Waals surface area (Å²) in [6.45, 7) is 6.55. The normalized spacial score (nSPS) is 29.0. The molecule has 0 radical (unpaired) electrons. The molecule has 1 saturated heterocycles. The predicted octanol–water partition coefficient (Wildman–Crippen LogP) is 1.41. The molecule has 2 N–H and O–H groups in total. The van der Waals surface area contributed by atoms with E-state index in [-0.39, 0.29) is 5.54 Å². The quantitative estimate of drug-likeness (QED) is 0.585. The molecule has 0 spiro atoms. The lowest BCUT2D eigenvalue weighted by Gasteiger charge is -2.38. The Morgan fingerprint density at radius 3 is 2.73 bits per heavy atom. The zero-order valence-electron chi connectivity index (χ0n) is 7.40. The number of hydrogen-bond donors (Lipinski definition) is 2. The molecule has 0 saturated carbocycles. The number of nitrogens with one attached hydrogen (secondary N) is 2. The van der Waals surface area contributed by atoms with Crippen LogP contribution in [-0.4, -0.2) is 16.7 Å². The number of rotatable bonds is 1. The van der Waals surface area contributed by atoms with Crippen molar-refractivity contribution in [1.82, 2.24) is 10.6 Å². The molecule has 0 aromatic heterocycles. The van der Waals surface area contributed by atoms with Gasteiger partial charge >= 0.3 is 0 Å². The molecular formula is C8H16N2S. The van der Waals surface area contributed by atoms with Gasteiger partial charge in [0, 0.05) is 11.6 Å². The van der Waals surface area contributed by atoms with Crippen molar-refractivity contribution in [2.75, 3.05) is 0 Å². The van der Waals surface area contributed by atoms with Gasteiger partial charge < -0.3 is 10.6 Å². The molecule has 11 heavy (non-hydrogen) atoms. The molecule has 0 aromatic carbocycles. The minimum absolute atomic E-state index is 0.170. The van der Waals surface area contributed by atoms with Crippen LogP contribution in [-0.2, 0) is 0 Å². The molecule has 0 amide bonds. The molecule has 0 aliphatic carbocycles. The summed E-state index contributed by atoms with van der Waals surface area (Å²) in [5, 5.41) is 7.28. The monoisotopic (exact) mass is 172 g/mol. The smallest absolute Gasteiger partial charge is 0.166 e. The van der Waals surface area contributed by atoms with E-state index >= 15 is 0 Å². The summed E-state index contributed by atoms with van der Waals surface area (Å²) < 4.78 is 0. The van der Waals surface area contributed by atoms with E-state index in [0.29, 0.717) is 6.04 Å². The Labute approximate surface area is 73.7 Å². The molecule has 1 aliphatic heterocycles. The van der Waals surface area contributed by atoms with Crippen LogP contribution >= 0.6 is 12.2 Å². The topological polar surface area (TPSA) is 24.1 Å². The molecule has 1 aliphatic rings. The highest BCUT2D eigenvalue weighted by atomic mass is 32.1. The van der Waals surface area contributed by atoms with Gasteiger partial charge in [0.25, 0.3) is 0 Å². The Kier molecular flexibility index (Phi) is 2.37. The summed E-state index contributed by atoms with van der Waals surface area (Å²) in [5.74, 6) is 0. The molecule has 64 valence electrons. The van der Waals surface area contributed by atoms with Crippen LogP contribution in [0.1, 0.15) is 33.6 Å². The lowest BCUT2D eigenvalue weighted by Crippen LogP contribution is -2.59. The van der Waals surface area contributed by atoms with E-state index in [0.717, 1.165) is 18.0 Å². The minimum atomic E-state index is 0.170. The Balaban J connectivity index is 2.58. The van der Waals surface area contributed by atoms with Gasteiger partial charge in [-0.25, -0.2) is 0 Å². The van der Waals surface area contributed by atoms with Crippen LogP contribution in [0.4, 0.5) is 0 Å². The van der Waals surface area contributed by atoms with Crippen LogP contribution in [0.5, 0.6) is 0 Å². The Morgan fingerprint density at radius 2 is 2.27 bits per heavy atom. The van der Waals surface area contributed by atoms with Gasteiger partial charge in [0.1, 0.15) is 0 Å². The van der Waals surface area contributed by atoms with E-state index < -0.39 is 0 Å². The molecule has 1 atom stereocenters. The lowest BCUT2D eigenvalue weighted by molar-refractivity contribution is 0.329. The van der Waals surface area contributed by atoms with E-state index in [9.17, 15) is 0 Å². The van der Waals surface area contributed by atoms with Crippen molar-refractivity contribution in [2.24, 2.45) is 0 Å². The SMILES string of the molecule is CCC1CC(C)(C)NC(=S)N1. The third kappa shape index (κ3) is 2.33. The number of thiocarbonyl (C=S) groups is 1. The largest absolute Gasteiger partial charge is 0.360 e. The van der Waals surface area contributed by atoms with Crippen molar-refractivity contribution < 1.29 is 0 Å². The zero-order valence-corrected chi connectivity index (χ0v) is 8.22. The first kappa shape index (κ1) is 8.78.